The number of aromatic nitrogens is 3. The second-order valence-corrected chi connectivity index (χ2v) is 6.77. The number of pyridine rings is 1. The zero-order valence-corrected chi connectivity index (χ0v) is 15.1. The Bertz CT molecular complexity index is 1040. The molecule has 2 aromatic heterocycles. The molecule has 7 nitrogen and oxygen atoms in total. The topological polar surface area (TPSA) is 91.0 Å². The summed E-state index contributed by atoms with van der Waals surface area (Å²) in [7, 11) is 0. The standard InChI is InChI=1S/C20H21N5O2/c1-13(17-12-18(26)24-20(23-17)25-10-4-5-11-25)21-19(27)16-9-8-14-6-2-3-7-15(14)22-16/h2-3,6-9,12-13H,4-5,10-11H2,1H3,(H,21,27)(H,23,24,26). The predicted octanol–water partition coefficient (Wildman–Crippen LogP) is 2.41. The third-order valence-electron chi connectivity index (χ3n) is 4.78. The molecule has 0 saturated carbocycles. The molecule has 3 aromatic rings. The number of carbonyl (C=O) groups is 1. The Labute approximate surface area is 156 Å². The number of carbonyl (C=O) groups excluding carboxylic acids is 1. The van der Waals surface area contributed by atoms with Gasteiger partial charge in [-0.1, -0.05) is 24.3 Å². The zero-order valence-electron chi connectivity index (χ0n) is 15.1. The van der Waals surface area contributed by atoms with Crippen LogP contribution in [-0.2, 0) is 0 Å². The van der Waals surface area contributed by atoms with Gasteiger partial charge in [-0.2, -0.15) is 0 Å². The predicted molar refractivity (Wildman–Crippen MR) is 104 cm³/mol. The first-order valence-electron chi connectivity index (χ1n) is 9.13. The molecule has 1 unspecified atom stereocenters. The van der Waals surface area contributed by atoms with E-state index >= 15 is 0 Å². The van der Waals surface area contributed by atoms with Gasteiger partial charge in [0.1, 0.15) is 5.69 Å². The van der Waals surface area contributed by atoms with Gasteiger partial charge in [-0.15, -0.1) is 0 Å². The third kappa shape index (κ3) is 3.67. The summed E-state index contributed by atoms with van der Waals surface area (Å²) in [6.45, 7) is 3.58. The summed E-state index contributed by atoms with van der Waals surface area (Å²) < 4.78 is 0. The normalized spacial score (nSPS) is 15.1. The Hall–Kier alpha value is -3.22. The van der Waals surface area contributed by atoms with Crippen molar-refractivity contribution in [2.24, 2.45) is 0 Å². The van der Waals surface area contributed by atoms with E-state index in [0.29, 0.717) is 17.3 Å². The Morgan fingerprint density at radius 1 is 1.15 bits per heavy atom. The fourth-order valence-corrected chi connectivity index (χ4v) is 3.30. The van der Waals surface area contributed by atoms with Crippen molar-refractivity contribution < 1.29 is 4.79 Å². The highest BCUT2D eigenvalue weighted by Crippen LogP contribution is 2.17. The van der Waals surface area contributed by atoms with Crippen molar-refractivity contribution in [3.8, 4) is 0 Å². The molecule has 0 radical (unpaired) electrons. The van der Waals surface area contributed by atoms with Crippen LogP contribution in [0.25, 0.3) is 10.9 Å². The van der Waals surface area contributed by atoms with Crippen LogP contribution in [0.5, 0.6) is 0 Å². The number of hydrogen-bond donors (Lipinski definition) is 2. The molecular formula is C20H21N5O2. The molecule has 0 aliphatic carbocycles. The number of amides is 1. The number of hydrogen-bond acceptors (Lipinski definition) is 5. The smallest absolute Gasteiger partial charge is 0.270 e. The van der Waals surface area contributed by atoms with Gasteiger partial charge in [0, 0.05) is 24.5 Å². The van der Waals surface area contributed by atoms with E-state index in [-0.39, 0.29) is 11.5 Å². The Balaban J connectivity index is 1.54. The number of benzene rings is 1. The first kappa shape index (κ1) is 17.2. The van der Waals surface area contributed by atoms with Gasteiger partial charge in [-0.25, -0.2) is 9.97 Å². The lowest BCUT2D eigenvalue weighted by atomic mass is 10.2. The van der Waals surface area contributed by atoms with Crippen LogP contribution >= 0.6 is 0 Å². The largest absolute Gasteiger partial charge is 0.343 e. The number of aromatic amines is 1. The van der Waals surface area contributed by atoms with Gasteiger partial charge < -0.3 is 10.2 Å². The minimum absolute atomic E-state index is 0.216. The quantitative estimate of drug-likeness (QED) is 0.743. The summed E-state index contributed by atoms with van der Waals surface area (Å²) in [4.78, 5) is 38.4. The van der Waals surface area contributed by atoms with Crippen LogP contribution < -0.4 is 15.8 Å². The lowest BCUT2D eigenvalue weighted by molar-refractivity contribution is 0.0934. The molecular weight excluding hydrogens is 342 g/mol. The van der Waals surface area contributed by atoms with Crippen LogP contribution in [0.15, 0.2) is 47.3 Å². The third-order valence-corrected chi connectivity index (χ3v) is 4.78. The number of nitrogens with one attached hydrogen (secondary N) is 2. The van der Waals surface area contributed by atoms with Gasteiger partial charge in [0.25, 0.3) is 11.5 Å². The van der Waals surface area contributed by atoms with Crippen LogP contribution in [0.3, 0.4) is 0 Å². The second-order valence-electron chi connectivity index (χ2n) is 6.77. The van der Waals surface area contributed by atoms with Crippen molar-refractivity contribution in [3.05, 3.63) is 64.2 Å². The zero-order chi connectivity index (χ0) is 18.8. The molecule has 1 atom stereocenters. The molecule has 4 rings (SSSR count). The highest BCUT2D eigenvalue weighted by atomic mass is 16.2. The van der Waals surface area contributed by atoms with Crippen molar-refractivity contribution in [1.29, 1.82) is 0 Å². The van der Waals surface area contributed by atoms with E-state index in [4.69, 9.17) is 0 Å². The van der Waals surface area contributed by atoms with E-state index in [1.807, 2.05) is 37.3 Å². The van der Waals surface area contributed by atoms with Crippen LogP contribution in [0.4, 0.5) is 5.95 Å². The maximum absolute atomic E-state index is 12.6. The monoisotopic (exact) mass is 363 g/mol. The average Bonchev–Trinajstić information content (AvgIpc) is 3.22. The molecule has 1 aliphatic heterocycles. The van der Waals surface area contributed by atoms with Crippen molar-refractivity contribution in [2.45, 2.75) is 25.8 Å². The van der Waals surface area contributed by atoms with Gasteiger partial charge in [0.2, 0.25) is 5.95 Å². The average molecular weight is 363 g/mol. The molecule has 1 fully saturated rings. The van der Waals surface area contributed by atoms with Gasteiger partial charge in [-0.05, 0) is 31.9 Å². The van der Waals surface area contributed by atoms with Crippen LogP contribution in [0.2, 0.25) is 0 Å². The molecule has 1 aliphatic rings. The maximum Gasteiger partial charge on any atom is 0.270 e. The SMILES string of the molecule is CC(NC(=O)c1ccc2ccccc2n1)c1cc(=O)[nH]c(N2CCCC2)n1. The summed E-state index contributed by atoms with van der Waals surface area (Å²) in [5.74, 6) is 0.276. The molecule has 0 bridgehead atoms. The fraction of sp³-hybridized carbons (Fsp3) is 0.300. The summed E-state index contributed by atoms with van der Waals surface area (Å²) in [6, 6.07) is 12.2. The summed E-state index contributed by atoms with van der Waals surface area (Å²) in [5.41, 5.74) is 1.43. The maximum atomic E-state index is 12.6. The Morgan fingerprint density at radius 2 is 1.93 bits per heavy atom. The number of fused-ring (bicyclic) bond motifs is 1. The molecule has 27 heavy (non-hydrogen) atoms. The Morgan fingerprint density at radius 3 is 2.74 bits per heavy atom. The van der Waals surface area contributed by atoms with E-state index in [0.717, 1.165) is 36.8 Å². The van der Waals surface area contributed by atoms with Gasteiger partial charge in [0.05, 0.1) is 17.3 Å². The van der Waals surface area contributed by atoms with Gasteiger partial charge in [0.15, 0.2) is 0 Å². The van der Waals surface area contributed by atoms with Crippen molar-refractivity contribution in [2.75, 3.05) is 18.0 Å². The van der Waals surface area contributed by atoms with Crippen LogP contribution in [0, 0.1) is 0 Å². The number of rotatable bonds is 4. The van der Waals surface area contributed by atoms with E-state index in [1.165, 1.54) is 6.07 Å². The minimum atomic E-state index is -0.408. The summed E-state index contributed by atoms with van der Waals surface area (Å²) in [6.07, 6.45) is 2.18. The first-order valence-corrected chi connectivity index (χ1v) is 9.13. The Kier molecular flexibility index (Phi) is 4.58. The van der Waals surface area contributed by atoms with Crippen LogP contribution in [-0.4, -0.2) is 33.9 Å². The number of para-hydroxylation sites is 1. The fourth-order valence-electron chi connectivity index (χ4n) is 3.30. The number of nitrogens with zero attached hydrogens (tertiary/aromatic N) is 3. The van der Waals surface area contributed by atoms with E-state index in [1.54, 1.807) is 6.07 Å². The van der Waals surface area contributed by atoms with E-state index in [2.05, 4.69) is 25.2 Å². The highest BCUT2D eigenvalue weighted by Gasteiger charge is 2.19. The molecule has 0 spiro atoms. The summed E-state index contributed by atoms with van der Waals surface area (Å²) in [5, 5.41) is 3.87. The van der Waals surface area contributed by atoms with Crippen LogP contribution in [0.1, 0.15) is 42.0 Å². The molecule has 1 amide bonds. The molecule has 3 heterocycles. The highest BCUT2D eigenvalue weighted by molar-refractivity contribution is 5.95. The second kappa shape index (κ2) is 7.19. The molecule has 2 N–H and O–H groups in total. The van der Waals surface area contributed by atoms with Gasteiger partial charge >= 0.3 is 0 Å². The minimum Gasteiger partial charge on any atom is -0.343 e. The lowest BCUT2D eigenvalue weighted by Gasteiger charge is -2.18. The van der Waals surface area contributed by atoms with Crippen molar-refractivity contribution in [3.63, 3.8) is 0 Å². The molecule has 138 valence electrons. The molecule has 7 heteroatoms. The van der Waals surface area contributed by atoms with Gasteiger partial charge in [-0.3, -0.25) is 14.6 Å². The number of H-pyrrole nitrogens is 1. The molecule has 1 aromatic carbocycles. The molecule has 1 saturated heterocycles. The van der Waals surface area contributed by atoms with E-state index in [9.17, 15) is 9.59 Å². The lowest BCUT2D eigenvalue weighted by Crippen LogP contribution is -2.30. The summed E-state index contributed by atoms with van der Waals surface area (Å²) >= 11 is 0. The number of anilines is 1. The van der Waals surface area contributed by atoms with Crippen molar-refractivity contribution in [1.82, 2.24) is 20.3 Å². The first-order chi connectivity index (χ1) is 13.1. The van der Waals surface area contributed by atoms with Crippen molar-refractivity contribution >= 4 is 22.8 Å². The van der Waals surface area contributed by atoms with E-state index < -0.39 is 6.04 Å².